The van der Waals surface area contributed by atoms with E-state index in [0.717, 1.165) is 13.1 Å². The van der Waals surface area contributed by atoms with E-state index in [1.165, 1.54) is 19.0 Å². The number of amides is 1. The molecule has 1 saturated heterocycles. The van der Waals surface area contributed by atoms with E-state index in [4.69, 9.17) is 0 Å². The van der Waals surface area contributed by atoms with E-state index < -0.39 is 0 Å². The van der Waals surface area contributed by atoms with Crippen molar-refractivity contribution >= 4 is 11.7 Å². The van der Waals surface area contributed by atoms with Gasteiger partial charge in [0.25, 0.3) is 0 Å². The number of likely N-dealkylation sites (tertiary alicyclic amines) is 1. The molecule has 22 heavy (non-hydrogen) atoms. The first-order valence-corrected chi connectivity index (χ1v) is 7.94. The lowest BCUT2D eigenvalue weighted by Gasteiger charge is -2.35. The lowest BCUT2D eigenvalue weighted by Crippen LogP contribution is -2.50. The van der Waals surface area contributed by atoms with Crippen LogP contribution in [0.15, 0.2) is 24.5 Å². The van der Waals surface area contributed by atoms with Crippen LogP contribution in [-0.4, -0.2) is 46.7 Å². The van der Waals surface area contributed by atoms with Crippen LogP contribution in [0.1, 0.15) is 49.9 Å². The van der Waals surface area contributed by atoms with Crippen molar-refractivity contribution in [3.05, 3.63) is 30.1 Å². The Balaban J connectivity index is 1.73. The van der Waals surface area contributed by atoms with E-state index in [1.807, 2.05) is 0 Å². The summed E-state index contributed by atoms with van der Waals surface area (Å²) >= 11 is 0. The fourth-order valence-electron chi connectivity index (χ4n) is 2.74. The average molecular weight is 303 g/mol. The molecule has 5 heteroatoms. The maximum atomic E-state index is 11.9. The third-order valence-corrected chi connectivity index (χ3v) is 4.24. The highest BCUT2D eigenvalue weighted by molar-refractivity contribution is 5.97. The Morgan fingerprint density at radius 1 is 1.27 bits per heavy atom. The smallest absolute Gasteiger partial charge is 0.220 e. The Labute approximate surface area is 132 Å². The number of hydrogen-bond acceptors (Lipinski definition) is 4. The van der Waals surface area contributed by atoms with Gasteiger partial charge in [0, 0.05) is 42.9 Å². The average Bonchev–Trinajstić information content (AvgIpc) is 3.07. The number of hydrogen-bond donors (Lipinski definition) is 1. The molecule has 1 amide bonds. The number of nitrogens with zero attached hydrogens (tertiary/aromatic N) is 2. The Hall–Kier alpha value is -1.75. The van der Waals surface area contributed by atoms with Gasteiger partial charge in [0.1, 0.15) is 0 Å². The van der Waals surface area contributed by atoms with Gasteiger partial charge < -0.3 is 5.32 Å². The summed E-state index contributed by atoms with van der Waals surface area (Å²) in [7, 11) is 0. The van der Waals surface area contributed by atoms with E-state index >= 15 is 0 Å². The maximum absolute atomic E-state index is 11.9. The van der Waals surface area contributed by atoms with Crippen molar-refractivity contribution in [1.82, 2.24) is 15.2 Å². The van der Waals surface area contributed by atoms with Crippen molar-refractivity contribution in [3.8, 4) is 0 Å². The lowest BCUT2D eigenvalue weighted by molar-refractivity contribution is -0.121. The number of aromatic nitrogens is 1. The summed E-state index contributed by atoms with van der Waals surface area (Å²) < 4.78 is 0. The SMILES string of the molecule is CC(C)(CNC(=O)CCC(=O)c1cccnc1)N1CCCC1. The molecule has 0 bridgehead atoms. The van der Waals surface area contributed by atoms with Gasteiger partial charge in [-0.3, -0.25) is 19.5 Å². The van der Waals surface area contributed by atoms with Crippen molar-refractivity contribution in [1.29, 1.82) is 0 Å². The van der Waals surface area contributed by atoms with Crippen LogP contribution in [0.2, 0.25) is 0 Å². The molecule has 1 fully saturated rings. The molecule has 120 valence electrons. The highest BCUT2D eigenvalue weighted by Crippen LogP contribution is 2.20. The van der Waals surface area contributed by atoms with Gasteiger partial charge in [-0.1, -0.05) is 0 Å². The normalized spacial score (nSPS) is 15.7. The zero-order valence-electron chi connectivity index (χ0n) is 13.5. The van der Waals surface area contributed by atoms with Crippen molar-refractivity contribution in [2.45, 2.75) is 45.1 Å². The van der Waals surface area contributed by atoms with E-state index in [9.17, 15) is 9.59 Å². The fourth-order valence-corrected chi connectivity index (χ4v) is 2.74. The fraction of sp³-hybridized carbons (Fsp3) is 0.588. The molecule has 0 unspecified atom stereocenters. The van der Waals surface area contributed by atoms with Gasteiger partial charge in [-0.25, -0.2) is 0 Å². The predicted octanol–water partition coefficient (Wildman–Crippen LogP) is 2.04. The summed E-state index contributed by atoms with van der Waals surface area (Å²) in [5.74, 6) is -0.105. The van der Waals surface area contributed by atoms with Crippen LogP contribution in [-0.2, 0) is 4.79 Å². The molecule has 0 atom stereocenters. The van der Waals surface area contributed by atoms with Gasteiger partial charge in [0.05, 0.1) is 0 Å². The molecule has 1 aliphatic heterocycles. The van der Waals surface area contributed by atoms with Crippen LogP contribution in [0, 0.1) is 0 Å². The topological polar surface area (TPSA) is 62.3 Å². The van der Waals surface area contributed by atoms with Crippen LogP contribution >= 0.6 is 0 Å². The number of pyridine rings is 1. The van der Waals surface area contributed by atoms with E-state index in [0.29, 0.717) is 12.1 Å². The summed E-state index contributed by atoms with van der Waals surface area (Å²) in [6, 6.07) is 3.45. The summed E-state index contributed by atoms with van der Waals surface area (Å²) in [4.78, 5) is 30.2. The summed E-state index contributed by atoms with van der Waals surface area (Å²) in [5, 5.41) is 2.96. The van der Waals surface area contributed by atoms with Crippen LogP contribution in [0.5, 0.6) is 0 Å². The Morgan fingerprint density at radius 3 is 2.64 bits per heavy atom. The van der Waals surface area contributed by atoms with E-state index in [-0.39, 0.29) is 30.1 Å². The first-order valence-electron chi connectivity index (χ1n) is 7.94. The molecule has 0 aliphatic carbocycles. The number of Topliss-reactive ketones (excluding diaryl/α,β-unsaturated/α-hetero) is 1. The molecule has 1 N–H and O–H groups in total. The first-order chi connectivity index (χ1) is 10.5. The number of carbonyl (C=O) groups is 2. The van der Waals surface area contributed by atoms with Crippen LogP contribution in [0.25, 0.3) is 0 Å². The van der Waals surface area contributed by atoms with Crippen molar-refractivity contribution < 1.29 is 9.59 Å². The zero-order chi connectivity index (χ0) is 16.0. The largest absolute Gasteiger partial charge is 0.354 e. The molecule has 0 radical (unpaired) electrons. The van der Waals surface area contributed by atoms with Gasteiger partial charge in [-0.15, -0.1) is 0 Å². The minimum absolute atomic E-state index is 0.0283. The highest BCUT2D eigenvalue weighted by Gasteiger charge is 2.29. The lowest BCUT2D eigenvalue weighted by atomic mass is 10.0. The standard InChI is InChI=1S/C17H25N3O2/c1-17(2,20-10-3-4-11-20)13-19-16(22)8-7-15(21)14-6-5-9-18-12-14/h5-6,9,12H,3-4,7-8,10-11,13H2,1-2H3,(H,19,22). The van der Waals surface area contributed by atoms with Gasteiger partial charge >= 0.3 is 0 Å². The van der Waals surface area contributed by atoms with Crippen molar-refractivity contribution in [3.63, 3.8) is 0 Å². The molecule has 5 nitrogen and oxygen atoms in total. The van der Waals surface area contributed by atoms with Gasteiger partial charge in [-0.05, 0) is 51.9 Å². The molecule has 0 saturated carbocycles. The quantitative estimate of drug-likeness (QED) is 0.783. The number of nitrogens with one attached hydrogen (secondary N) is 1. The number of ketones is 1. The summed E-state index contributed by atoms with van der Waals surface area (Å²) in [5.41, 5.74) is 0.534. The number of carbonyl (C=O) groups excluding carboxylic acids is 2. The first kappa shape index (κ1) is 16.6. The van der Waals surface area contributed by atoms with Gasteiger partial charge in [0.2, 0.25) is 5.91 Å². The van der Waals surface area contributed by atoms with E-state index in [2.05, 4.69) is 29.0 Å². The maximum Gasteiger partial charge on any atom is 0.220 e. The van der Waals surface area contributed by atoms with Crippen LogP contribution in [0.4, 0.5) is 0 Å². The molecule has 0 spiro atoms. The number of rotatable bonds is 7. The monoisotopic (exact) mass is 303 g/mol. The summed E-state index contributed by atoms with van der Waals surface area (Å²) in [6.45, 7) is 7.12. The molecule has 1 aromatic heterocycles. The van der Waals surface area contributed by atoms with Crippen molar-refractivity contribution in [2.75, 3.05) is 19.6 Å². The third kappa shape index (κ3) is 4.63. The second-order valence-electron chi connectivity index (χ2n) is 6.45. The highest BCUT2D eigenvalue weighted by atomic mass is 16.2. The van der Waals surface area contributed by atoms with Gasteiger partial charge in [-0.2, -0.15) is 0 Å². The molecule has 0 aromatic carbocycles. The second kappa shape index (κ2) is 7.49. The summed E-state index contributed by atoms with van der Waals surface area (Å²) in [6.07, 6.45) is 6.08. The molecular formula is C17H25N3O2. The predicted molar refractivity (Wildman–Crippen MR) is 85.7 cm³/mol. The molecule has 1 aromatic rings. The third-order valence-electron chi connectivity index (χ3n) is 4.24. The van der Waals surface area contributed by atoms with Crippen molar-refractivity contribution in [2.24, 2.45) is 0 Å². The molecule has 1 aliphatic rings. The second-order valence-corrected chi connectivity index (χ2v) is 6.45. The zero-order valence-corrected chi connectivity index (χ0v) is 13.5. The van der Waals surface area contributed by atoms with E-state index in [1.54, 1.807) is 18.3 Å². The Bertz CT molecular complexity index is 508. The molecule has 2 rings (SSSR count). The van der Waals surface area contributed by atoms with Crippen LogP contribution < -0.4 is 5.32 Å². The Kier molecular flexibility index (Phi) is 5.66. The van der Waals surface area contributed by atoms with Gasteiger partial charge in [0.15, 0.2) is 5.78 Å². The van der Waals surface area contributed by atoms with Crippen LogP contribution in [0.3, 0.4) is 0 Å². The minimum atomic E-state index is -0.0653. The Morgan fingerprint density at radius 2 is 2.00 bits per heavy atom. The molecular weight excluding hydrogens is 278 g/mol. The molecule has 2 heterocycles. The minimum Gasteiger partial charge on any atom is -0.354 e.